The highest BCUT2D eigenvalue weighted by Gasteiger charge is 2.36. The van der Waals surface area contributed by atoms with Crippen molar-refractivity contribution in [2.24, 2.45) is 5.41 Å². The molecule has 0 amide bonds. The van der Waals surface area contributed by atoms with Crippen molar-refractivity contribution < 1.29 is 5.11 Å². The molecule has 0 atom stereocenters. The Morgan fingerprint density at radius 1 is 1.43 bits per heavy atom. The Hall–Kier alpha value is -1.02. The normalized spacial score (nSPS) is 17.9. The third kappa shape index (κ3) is 2.26. The lowest BCUT2D eigenvalue weighted by Gasteiger charge is -2.11. The van der Waals surface area contributed by atoms with E-state index in [2.05, 4.69) is 12.2 Å². The topological polar surface area (TPSA) is 32.3 Å². The molecule has 0 saturated heterocycles. The maximum Gasteiger partial charge on any atom is 0.0682 e. The zero-order chi connectivity index (χ0) is 10.0. The van der Waals surface area contributed by atoms with Gasteiger partial charge in [-0.15, -0.1) is 0 Å². The van der Waals surface area contributed by atoms with Crippen LogP contribution in [0.15, 0.2) is 24.3 Å². The molecule has 1 aliphatic carbocycles. The summed E-state index contributed by atoms with van der Waals surface area (Å²) in [7, 11) is 0. The molecule has 2 N–H and O–H groups in total. The molecule has 0 spiro atoms. The summed E-state index contributed by atoms with van der Waals surface area (Å²) in [5, 5.41) is 12.4. The number of hydrogen-bond donors (Lipinski definition) is 2. The molecule has 0 unspecified atom stereocenters. The average Bonchev–Trinajstić information content (AvgIpc) is 2.95. The molecule has 1 saturated carbocycles. The molecule has 2 heteroatoms. The number of hydrogen-bond acceptors (Lipinski definition) is 2. The lowest BCUT2D eigenvalue weighted by atomic mass is 10.1. The Labute approximate surface area is 85.0 Å². The summed E-state index contributed by atoms with van der Waals surface area (Å²) < 4.78 is 0. The molecule has 1 aromatic rings. The van der Waals surface area contributed by atoms with Gasteiger partial charge in [-0.2, -0.15) is 0 Å². The maximum atomic E-state index is 8.97. The van der Waals surface area contributed by atoms with E-state index in [1.165, 1.54) is 12.8 Å². The predicted molar refractivity (Wildman–Crippen MR) is 58.2 cm³/mol. The van der Waals surface area contributed by atoms with E-state index in [9.17, 15) is 0 Å². The molecular weight excluding hydrogens is 174 g/mol. The van der Waals surface area contributed by atoms with Gasteiger partial charge < -0.3 is 10.4 Å². The smallest absolute Gasteiger partial charge is 0.0682 e. The summed E-state index contributed by atoms with van der Waals surface area (Å²) in [5.74, 6) is 0. The van der Waals surface area contributed by atoms with Crippen LogP contribution in [-0.2, 0) is 6.61 Å². The standard InChI is InChI=1S/C12H17NO/c1-12(5-6-12)9-13-11-4-2-3-10(7-11)8-14/h2-4,7,13-14H,5-6,8-9H2,1H3. The van der Waals surface area contributed by atoms with Crippen LogP contribution in [0.2, 0.25) is 0 Å². The van der Waals surface area contributed by atoms with Gasteiger partial charge in [0.05, 0.1) is 6.61 Å². The fourth-order valence-electron chi connectivity index (χ4n) is 1.49. The lowest BCUT2D eigenvalue weighted by molar-refractivity contribution is 0.282. The lowest BCUT2D eigenvalue weighted by Crippen LogP contribution is -2.11. The van der Waals surface area contributed by atoms with E-state index >= 15 is 0 Å². The van der Waals surface area contributed by atoms with Gasteiger partial charge in [-0.25, -0.2) is 0 Å². The van der Waals surface area contributed by atoms with Gasteiger partial charge in [-0.1, -0.05) is 19.1 Å². The average molecular weight is 191 g/mol. The first-order valence-corrected chi connectivity index (χ1v) is 5.16. The summed E-state index contributed by atoms with van der Waals surface area (Å²) in [6.45, 7) is 3.46. The fraction of sp³-hybridized carbons (Fsp3) is 0.500. The molecule has 1 aliphatic rings. The molecule has 2 nitrogen and oxygen atoms in total. The molecule has 0 radical (unpaired) electrons. The van der Waals surface area contributed by atoms with E-state index in [1.807, 2.05) is 24.3 Å². The van der Waals surface area contributed by atoms with Crippen molar-refractivity contribution in [1.29, 1.82) is 0 Å². The summed E-state index contributed by atoms with van der Waals surface area (Å²) in [6.07, 6.45) is 2.67. The van der Waals surface area contributed by atoms with E-state index in [0.717, 1.165) is 17.8 Å². The van der Waals surface area contributed by atoms with Crippen molar-refractivity contribution in [2.75, 3.05) is 11.9 Å². The third-order valence-electron chi connectivity index (χ3n) is 2.93. The van der Waals surface area contributed by atoms with Gasteiger partial charge in [-0.05, 0) is 36.0 Å². The molecule has 0 aromatic heterocycles. The highest BCUT2D eigenvalue weighted by atomic mass is 16.3. The molecule has 0 bridgehead atoms. The minimum absolute atomic E-state index is 0.118. The van der Waals surface area contributed by atoms with Crippen molar-refractivity contribution in [3.8, 4) is 0 Å². The second kappa shape index (κ2) is 3.62. The van der Waals surface area contributed by atoms with Crippen molar-refractivity contribution in [3.05, 3.63) is 29.8 Å². The molecule has 1 fully saturated rings. The SMILES string of the molecule is CC1(CNc2cccc(CO)c2)CC1. The highest BCUT2D eigenvalue weighted by Crippen LogP contribution is 2.44. The van der Waals surface area contributed by atoms with Gasteiger partial charge in [0.2, 0.25) is 0 Å². The van der Waals surface area contributed by atoms with Gasteiger partial charge in [0.15, 0.2) is 0 Å². The first kappa shape index (κ1) is 9.53. The van der Waals surface area contributed by atoms with E-state index < -0.39 is 0 Å². The Kier molecular flexibility index (Phi) is 2.46. The Morgan fingerprint density at radius 3 is 2.86 bits per heavy atom. The van der Waals surface area contributed by atoms with Crippen LogP contribution < -0.4 is 5.32 Å². The van der Waals surface area contributed by atoms with Crippen molar-refractivity contribution in [3.63, 3.8) is 0 Å². The van der Waals surface area contributed by atoms with E-state index in [0.29, 0.717) is 5.41 Å². The molecule has 0 aliphatic heterocycles. The Balaban J connectivity index is 1.94. The van der Waals surface area contributed by atoms with E-state index in [4.69, 9.17) is 5.11 Å². The van der Waals surface area contributed by atoms with Gasteiger partial charge in [0.1, 0.15) is 0 Å². The van der Waals surface area contributed by atoms with Crippen LogP contribution in [0.4, 0.5) is 5.69 Å². The van der Waals surface area contributed by atoms with Crippen LogP contribution in [0.1, 0.15) is 25.3 Å². The number of aliphatic hydroxyl groups excluding tert-OH is 1. The minimum atomic E-state index is 0.118. The number of nitrogens with one attached hydrogen (secondary N) is 1. The first-order valence-electron chi connectivity index (χ1n) is 5.16. The van der Waals surface area contributed by atoms with Crippen LogP contribution in [0.3, 0.4) is 0 Å². The van der Waals surface area contributed by atoms with Crippen LogP contribution in [-0.4, -0.2) is 11.7 Å². The van der Waals surface area contributed by atoms with Crippen molar-refractivity contribution in [2.45, 2.75) is 26.4 Å². The number of benzene rings is 1. The second-order valence-electron chi connectivity index (χ2n) is 4.52. The number of rotatable bonds is 4. The molecule has 0 heterocycles. The molecule has 1 aromatic carbocycles. The fourth-order valence-corrected chi connectivity index (χ4v) is 1.49. The zero-order valence-electron chi connectivity index (χ0n) is 8.59. The Morgan fingerprint density at radius 2 is 2.21 bits per heavy atom. The molecule has 2 rings (SSSR count). The first-order chi connectivity index (χ1) is 6.72. The summed E-state index contributed by atoms with van der Waals surface area (Å²) >= 11 is 0. The number of aliphatic hydroxyl groups is 1. The summed E-state index contributed by atoms with van der Waals surface area (Å²) in [6, 6.07) is 7.96. The third-order valence-corrected chi connectivity index (χ3v) is 2.93. The Bertz CT molecular complexity index is 318. The predicted octanol–water partition coefficient (Wildman–Crippen LogP) is 2.39. The van der Waals surface area contributed by atoms with E-state index in [1.54, 1.807) is 0 Å². The minimum Gasteiger partial charge on any atom is -0.392 e. The summed E-state index contributed by atoms with van der Waals surface area (Å²) in [4.78, 5) is 0. The van der Waals surface area contributed by atoms with E-state index in [-0.39, 0.29) is 6.61 Å². The van der Waals surface area contributed by atoms with Gasteiger partial charge in [0, 0.05) is 12.2 Å². The van der Waals surface area contributed by atoms with Crippen LogP contribution in [0.25, 0.3) is 0 Å². The largest absolute Gasteiger partial charge is 0.392 e. The molecule has 14 heavy (non-hydrogen) atoms. The van der Waals surface area contributed by atoms with Gasteiger partial charge in [0.25, 0.3) is 0 Å². The van der Waals surface area contributed by atoms with Crippen LogP contribution >= 0.6 is 0 Å². The van der Waals surface area contributed by atoms with Gasteiger partial charge >= 0.3 is 0 Å². The highest BCUT2D eigenvalue weighted by molar-refractivity contribution is 5.45. The zero-order valence-corrected chi connectivity index (χ0v) is 8.59. The number of anilines is 1. The van der Waals surface area contributed by atoms with Gasteiger partial charge in [-0.3, -0.25) is 0 Å². The van der Waals surface area contributed by atoms with Crippen LogP contribution in [0, 0.1) is 5.41 Å². The molecule has 76 valence electrons. The molecular formula is C12H17NO. The van der Waals surface area contributed by atoms with Crippen molar-refractivity contribution in [1.82, 2.24) is 0 Å². The van der Waals surface area contributed by atoms with Crippen molar-refractivity contribution >= 4 is 5.69 Å². The maximum absolute atomic E-state index is 8.97. The van der Waals surface area contributed by atoms with Crippen LogP contribution in [0.5, 0.6) is 0 Å². The second-order valence-corrected chi connectivity index (χ2v) is 4.52. The summed E-state index contributed by atoms with van der Waals surface area (Å²) in [5.41, 5.74) is 2.61. The monoisotopic (exact) mass is 191 g/mol. The quantitative estimate of drug-likeness (QED) is 0.766.